The van der Waals surface area contributed by atoms with Crippen molar-refractivity contribution in [2.24, 2.45) is 17.9 Å². The smallest absolute Gasteiger partial charge is 0.256 e. The number of piperidine rings is 1. The number of hydrogen-bond donors (Lipinski definition) is 1. The van der Waals surface area contributed by atoms with Gasteiger partial charge in [0.05, 0.1) is 6.20 Å². The quantitative estimate of drug-likeness (QED) is 0.610. The van der Waals surface area contributed by atoms with Gasteiger partial charge in [-0.05, 0) is 82.3 Å². The molecule has 1 aliphatic carbocycles. The third kappa shape index (κ3) is 5.68. The van der Waals surface area contributed by atoms with Crippen molar-refractivity contribution in [1.82, 2.24) is 29.8 Å². The Labute approximate surface area is 209 Å². The van der Waals surface area contributed by atoms with Crippen molar-refractivity contribution in [3.8, 4) is 11.3 Å². The number of hydrogen-bond acceptors (Lipinski definition) is 4. The van der Waals surface area contributed by atoms with Crippen molar-refractivity contribution >= 4 is 17.5 Å². The number of carbonyl (C=O) groups is 1. The largest absolute Gasteiger partial charge is 0.349 e. The molecule has 2 fully saturated rings. The van der Waals surface area contributed by atoms with Crippen LogP contribution in [-0.4, -0.2) is 56.0 Å². The van der Waals surface area contributed by atoms with Gasteiger partial charge >= 0.3 is 0 Å². The number of likely N-dealkylation sites (tertiary alicyclic amines) is 1. The second-order valence-corrected chi connectivity index (χ2v) is 12.0. The summed E-state index contributed by atoms with van der Waals surface area (Å²) in [4.78, 5) is 15.9. The van der Waals surface area contributed by atoms with E-state index in [4.69, 9.17) is 11.6 Å². The van der Waals surface area contributed by atoms with Crippen LogP contribution in [0.1, 0.15) is 83.0 Å². The minimum Gasteiger partial charge on any atom is -0.349 e. The summed E-state index contributed by atoms with van der Waals surface area (Å²) in [5.74, 6) is -0.129. The molecule has 2 aromatic rings. The summed E-state index contributed by atoms with van der Waals surface area (Å²) in [5, 5.41) is 12.5. The summed E-state index contributed by atoms with van der Waals surface area (Å²) < 4.78 is 3.40. The van der Waals surface area contributed by atoms with Crippen molar-refractivity contribution in [1.29, 1.82) is 0 Å². The Hall–Kier alpha value is -1.86. The summed E-state index contributed by atoms with van der Waals surface area (Å²) in [6, 6.07) is 0.194. The van der Waals surface area contributed by atoms with Crippen molar-refractivity contribution in [3.63, 3.8) is 0 Å². The molecule has 1 saturated heterocycles. The van der Waals surface area contributed by atoms with Crippen LogP contribution in [-0.2, 0) is 13.6 Å². The number of carbonyl (C=O) groups excluding carboxylic acids is 1. The number of aromatic nitrogens is 4. The highest BCUT2D eigenvalue weighted by Crippen LogP contribution is 2.45. The highest BCUT2D eigenvalue weighted by Gasteiger charge is 2.38. The third-order valence-electron chi connectivity index (χ3n) is 7.91. The molecule has 1 amide bonds. The lowest BCUT2D eigenvalue weighted by Crippen LogP contribution is -2.46. The SMILES string of the molecule is CCn1cc(-c2nn(C)c(Cl)c2C(=O)NC2CCC3(CC2)CCN(CCC(C)(C)C)CC3)cn1. The van der Waals surface area contributed by atoms with Crippen molar-refractivity contribution in [2.75, 3.05) is 19.6 Å². The van der Waals surface area contributed by atoms with Gasteiger partial charge in [-0.25, -0.2) is 0 Å². The first-order valence-electron chi connectivity index (χ1n) is 12.9. The monoisotopic (exact) mass is 488 g/mol. The maximum atomic E-state index is 13.3. The molecular formula is C26H41ClN6O. The number of nitrogens with one attached hydrogen (secondary N) is 1. The highest BCUT2D eigenvalue weighted by atomic mass is 35.5. The predicted molar refractivity (Wildman–Crippen MR) is 137 cm³/mol. The molecule has 3 heterocycles. The van der Waals surface area contributed by atoms with Crippen LogP contribution in [0.3, 0.4) is 0 Å². The molecule has 1 saturated carbocycles. The summed E-state index contributed by atoms with van der Waals surface area (Å²) in [5.41, 5.74) is 2.73. The Morgan fingerprint density at radius 3 is 2.47 bits per heavy atom. The van der Waals surface area contributed by atoms with E-state index in [0.29, 0.717) is 27.2 Å². The number of halogens is 1. The Morgan fingerprint density at radius 1 is 1.21 bits per heavy atom. The molecule has 0 unspecified atom stereocenters. The molecule has 0 radical (unpaired) electrons. The van der Waals surface area contributed by atoms with Crippen LogP contribution < -0.4 is 5.32 Å². The fourth-order valence-corrected chi connectivity index (χ4v) is 5.66. The number of nitrogens with zero attached hydrogens (tertiary/aromatic N) is 5. The fourth-order valence-electron chi connectivity index (χ4n) is 5.44. The van der Waals surface area contributed by atoms with E-state index in [2.05, 4.69) is 41.2 Å². The molecule has 0 bridgehead atoms. The Morgan fingerprint density at radius 2 is 1.88 bits per heavy atom. The molecule has 8 heteroatoms. The zero-order valence-corrected chi connectivity index (χ0v) is 22.3. The Kier molecular flexibility index (Phi) is 7.44. The number of rotatable bonds is 6. The standard InChI is InChI=1S/C26H41ClN6O/c1-6-33-18-19(17-28-33)22-21(23(27)31(5)30-22)24(34)29-20-7-9-26(10-8-20)12-15-32(16-13-26)14-11-25(2,3)4/h17-18,20H,6-16H2,1-5H3,(H,29,34). The molecule has 2 aliphatic rings. The molecule has 1 N–H and O–H groups in total. The molecule has 34 heavy (non-hydrogen) atoms. The van der Waals surface area contributed by atoms with Crippen molar-refractivity contribution in [2.45, 2.75) is 85.2 Å². The zero-order valence-electron chi connectivity index (χ0n) is 21.5. The van der Waals surface area contributed by atoms with Crippen LogP contribution in [0.2, 0.25) is 5.15 Å². The maximum absolute atomic E-state index is 13.3. The van der Waals surface area contributed by atoms with E-state index in [1.165, 1.54) is 51.7 Å². The van der Waals surface area contributed by atoms with Crippen LogP contribution in [0.25, 0.3) is 11.3 Å². The average Bonchev–Trinajstić information content (AvgIpc) is 3.39. The zero-order chi connectivity index (χ0) is 24.5. The first-order chi connectivity index (χ1) is 16.1. The van der Waals surface area contributed by atoms with E-state index < -0.39 is 0 Å². The first kappa shape index (κ1) is 25.2. The molecule has 2 aromatic heterocycles. The molecule has 1 aliphatic heterocycles. The van der Waals surface area contributed by atoms with Gasteiger partial charge < -0.3 is 10.2 Å². The molecule has 188 valence electrons. The van der Waals surface area contributed by atoms with Crippen LogP contribution in [0, 0.1) is 10.8 Å². The maximum Gasteiger partial charge on any atom is 0.256 e. The van der Waals surface area contributed by atoms with E-state index in [1.54, 1.807) is 17.9 Å². The summed E-state index contributed by atoms with van der Waals surface area (Å²) >= 11 is 6.51. The number of aryl methyl sites for hydroxylation is 2. The molecule has 0 aromatic carbocycles. The molecule has 7 nitrogen and oxygen atoms in total. The third-order valence-corrected chi connectivity index (χ3v) is 8.34. The van der Waals surface area contributed by atoms with Crippen LogP contribution in [0.4, 0.5) is 0 Å². The van der Waals surface area contributed by atoms with Gasteiger partial charge in [0, 0.05) is 31.4 Å². The predicted octanol–water partition coefficient (Wildman–Crippen LogP) is 5.15. The second kappa shape index (κ2) is 10.0. The van der Waals surface area contributed by atoms with Crippen molar-refractivity contribution in [3.05, 3.63) is 23.1 Å². The van der Waals surface area contributed by atoms with Gasteiger partial charge in [0.1, 0.15) is 16.4 Å². The minimum absolute atomic E-state index is 0.129. The van der Waals surface area contributed by atoms with Crippen molar-refractivity contribution < 1.29 is 4.79 Å². The lowest BCUT2D eigenvalue weighted by atomic mass is 9.67. The van der Waals surface area contributed by atoms with Gasteiger partial charge in [-0.1, -0.05) is 32.4 Å². The van der Waals surface area contributed by atoms with Gasteiger partial charge in [0.2, 0.25) is 0 Å². The van der Waals surface area contributed by atoms with Gasteiger partial charge in [-0.2, -0.15) is 10.2 Å². The summed E-state index contributed by atoms with van der Waals surface area (Å²) in [6.07, 6.45) is 12.0. The molecular weight excluding hydrogens is 448 g/mol. The normalized spacial score (nSPS) is 19.6. The van der Waals surface area contributed by atoms with E-state index in [9.17, 15) is 4.79 Å². The summed E-state index contributed by atoms with van der Waals surface area (Å²) in [7, 11) is 1.77. The average molecular weight is 489 g/mol. The topological polar surface area (TPSA) is 68.0 Å². The highest BCUT2D eigenvalue weighted by molar-refractivity contribution is 6.33. The molecule has 0 atom stereocenters. The molecule has 4 rings (SSSR count). The lowest BCUT2D eigenvalue weighted by molar-refractivity contribution is 0.0522. The van der Waals surface area contributed by atoms with E-state index in [1.807, 2.05) is 17.8 Å². The van der Waals surface area contributed by atoms with E-state index in [0.717, 1.165) is 24.9 Å². The fraction of sp³-hybridized carbons (Fsp3) is 0.731. The Bertz CT molecular complexity index is 986. The number of amides is 1. The Balaban J connectivity index is 1.33. The minimum atomic E-state index is -0.129. The molecule has 1 spiro atoms. The first-order valence-corrected chi connectivity index (χ1v) is 13.3. The van der Waals surface area contributed by atoms with Gasteiger partial charge in [0.25, 0.3) is 5.91 Å². The van der Waals surface area contributed by atoms with E-state index in [-0.39, 0.29) is 11.9 Å². The lowest BCUT2D eigenvalue weighted by Gasteiger charge is -2.46. The van der Waals surface area contributed by atoms with Gasteiger partial charge in [0.15, 0.2) is 0 Å². The van der Waals surface area contributed by atoms with Crippen LogP contribution >= 0.6 is 11.6 Å². The van der Waals surface area contributed by atoms with Gasteiger partial charge in [-0.3, -0.25) is 14.2 Å². The second-order valence-electron chi connectivity index (χ2n) is 11.6. The summed E-state index contributed by atoms with van der Waals surface area (Å²) in [6.45, 7) is 13.4. The van der Waals surface area contributed by atoms with Gasteiger partial charge in [-0.15, -0.1) is 0 Å². The van der Waals surface area contributed by atoms with Crippen LogP contribution in [0.5, 0.6) is 0 Å². The van der Waals surface area contributed by atoms with E-state index >= 15 is 0 Å². The van der Waals surface area contributed by atoms with Crippen LogP contribution in [0.15, 0.2) is 12.4 Å².